The second-order valence-electron chi connectivity index (χ2n) is 3.83. The molecule has 0 spiro atoms. The molecule has 1 aromatic carbocycles. The van der Waals surface area contributed by atoms with Crippen molar-refractivity contribution in [3.63, 3.8) is 0 Å². The van der Waals surface area contributed by atoms with E-state index in [0.717, 1.165) is 13.1 Å². The lowest BCUT2D eigenvalue weighted by atomic mass is 10.1. The Hall–Kier alpha value is -0.350. The van der Waals surface area contributed by atoms with Crippen LogP contribution in [-0.4, -0.2) is 27.2 Å². The molecule has 100 valence electrons. The van der Waals surface area contributed by atoms with Crippen molar-refractivity contribution >= 4 is 48.6 Å². The third kappa shape index (κ3) is 3.55. The molecule has 2 N–H and O–H groups in total. The smallest absolute Gasteiger partial charge is 0.0647 e. The molecule has 3 nitrogen and oxygen atoms in total. The van der Waals surface area contributed by atoms with E-state index >= 15 is 0 Å². The number of hydrogen-bond acceptors (Lipinski definition) is 3. The summed E-state index contributed by atoms with van der Waals surface area (Å²) in [5, 5.41) is 0. The number of nitrogens with two attached hydrogens (primary N) is 1. The van der Waals surface area contributed by atoms with E-state index in [4.69, 9.17) is 5.73 Å². The van der Waals surface area contributed by atoms with Crippen LogP contribution in [0.25, 0.3) is 0 Å². The Bertz CT molecular complexity index is 347. The van der Waals surface area contributed by atoms with Crippen LogP contribution in [0.2, 0.25) is 0 Å². The summed E-state index contributed by atoms with van der Waals surface area (Å²) in [5.74, 6) is 0. The normalized spacial score (nSPS) is 12.9. The zero-order valence-corrected chi connectivity index (χ0v) is 12.5. The van der Waals surface area contributed by atoms with Crippen LogP contribution < -0.4 is 15.5 Å². The molecule has 0 aliphatic carbocycles. The molecule has 0 fully saturated rings. The monoisotopic (exact) mass is 299 g/mol. The molecular formula is C11H20Cl3N3. The summed E-state index contributed by atoms with van der Waals surface area (Å²) >= 11 is 0. The van der Waals surface area contributed by atoms with Crippen LogP contribution >= 0.6 is 37.2 Å². The average Bonchev–Trinajstić information content (AvgIpc) is 2.23. The maximum atomic E-state index is 5.74. The third-order valence-electron chi connectivity index (χ3n) is 2.88. The summed E-state index contributed by atoms with van der Waals surface area (Å²) in [6, 6.07) is 6.34. The SMILES string of the molecule is CN1CCN(C)c2c(CN)cccc21.Cl.Cl.Cl. The highest BCUT2D eigenvalue weighted by Crippen LogP contribution is 2.34. The van der Waals surface area contributed by atoms with Gasteiger partial charge in [0.25, 0.3) is 0 Å². The lowest BCUT2D eigenvalue weighted by Gasteiger charge is -2.36. The van der Waals surface area contributed by atoms with E-state index in [-0.39, 0.29) is 37.2 Å². The number of hydrogen-bond donors (Lipinski definition) is 1. The number of fused-ring (bicyclic) bond motifs is 1. The molecule has 0 radical (unpaired) electrons. The number of benzene rings is 1. The van der Waals surface area contributed by atoms with E-state index in [1.807, 2.05) is 0 Å². The van der Waals surface area contributed by atoms with Gasteiger partial charge in [0.1, 0.15) is 0 Å². The summed E-state index contributed by atoms with van der Waals surface area (Å²) in [5.41, 5.74) is 9.56. The minimum Gasteiger partial charge on any atom is -0.371 e. The van der Waals surface area contributed by atoms with Gasteiger partial charge in [-0.1, -0.05) is 12.1 Å². The molecule has 1 aliphatic heterocycles. The number of para-hydroxylation sites is 1. The van der Waals surface area contributed by atoms with Gasteiger partial charge in [0.15, 0.2) is 0 Å². The van der Waals surface area contributed by atoms with Gasteiger partial charge in [0, 0.05) is 33.7 Å². The maximum Gasteiger partial charge on any atom is 0.0647 e. The van der Waals surface area contributed by atoms with Crippen molar-refractivity contribution in [1.82, 2.24) is 0 Å². The number of nitrogens with zero attached hydrogens (tertiary/aromatic N) is 2. The van der Waals surface area contributed by atoms with Crippen LogP contribution in [0.5, 0.6) is 0 Å². The number of rotatable bonds is 1. The minimum atomic E-state index is 0. The first-order valence-corrected chi connectivity index (χ1v) is 4.98. The van der Waals surface area contributed by atoms with Crippen molar-refractivity contribution < 1.29 is 0 Å². The fourth-order valence-electron chi connectivity index (χ4n) is 2.02. The molecule has 0 atom stereocenters. The van der Waals surface area contributed by atoms with Crippen molar-refractivity contribution in [2.24, 2.45) is 5.73 Å². The zero-order chi connectivity index (χ0) is 10.1. The Balaban J connectivity index is 0. The standard InChI is InChI=1S/C11H17N3.3ClH/c1-13-6-7-14(2)11-9(8-12)4-3-5-10(11)13;;;/h3-5H,6-8,12H2,1-2H3;3*1H. The summed E-state index contributed by atoms with van der Waals surface area (Å²) < 4.78 is 0. The summed E-state index contributed by atoms with van der Waals surface area (Å²) in [6.45, 7) is 2.76. The topological polar surface area (TPSA) is 32.5 Å². The number of likely N-dealkylation sites (N-methyl/N-ethyl adjacent to an activating group) is 2. The highest BCUT2D eigenvalue weighted by atomic mass is 35.5. The zero-order valence-electron chi connectivity index (χ0n) is 10.0. The van der Waals surface area contributed by atoms with Crippen LogP contribution in [0.4, 0.5) is 11.4 Å². The first-order valence-electron chi connectivity index (χ1n) is 4.98. The van der Waals surface area contributed by atoms with Crippen LogP contribution in [0.15, 0.2) is 18.2 Å². The quantitative estimate of drug-likeness (QED) is 0.864. The van der Waals surface area contributed by atoms with Gasteiger partial charge in [-0.3, -0.25) is 0 Å². The van der Waals surface area contributed by atoms with Crippen molar-refractivity contribution in [3.05, 3.63) is 23.8 Å². The lowest BCUT2D eigenvalue weighted by molar-refractivity contribution is 0.790. The second-order valence-corrected chi connectivity index (χ2v) is 3.83. The van der Waals surface area contributed by atoms with Gasteiger partial charge in [0.2, 0.25) is 0 Å². The fourth-order valence-corrected chi connectivity index (χ4v) is 2.02. The summed E-state index contributed by atoms with van der Waals surface area (Å²) in [7, 11) is 4.26. The molecule has 6 heteroatoms. The largest absolute Gasteiger partial charge is 0.371 e. The van der Waals surface area contributed by atoms with E-state index in [1.165, 1.54) is 16.9 Å². The molecular weight excluding hydrogens is 281 g/mol. The Morgan fingerprint density at radius 2 is 1.65 bits per heavy atom. The van der Waals surface area contributed by atoms with E-state index in [2.05, 4.69) is 42.1 Å². The van der Waals surface area contributed by atoms with Gasteiger partial charge in [-0.15, -0.1) is 37.2 Å². The van der Waals surface area contributed by atoms with E-state index < -0.39 is 0 Å². The molecule has 2 rings (SSSR count). The first kappa shape index (κ1) is 19.0. The van der Waals surface area contributed by atoms with E-state index in [1.54, 1.807) is 0 Å². The molecule has 0 bridgehead atoms. The van der Waals surface area contributed by atoms with Gasteiger partial charge in [-0.25, -0.2) is 0 Å². The average molecular weight is 301 g/mol. The molecule has 1 heterocycles. The highest BCUT2D eigenvalue weighted by Gasteiger charge is 2.19. The molecule has 17 heavy (non-hydrogen) atoms. The predicted molar refractivity (Wildman–Crippen MR) is 82.6 cm³/mol. The molecule has 1 aromatic rings. The minimum absolute atomic E-state index is 0. The van der Waals surface area contributed by atoms with Crippen LogP contribution in [0, 0.1) is 0 Å². The van der Waals surface area contributed by atoms with E-state index in [0.29, 0.717) is 6.54 Å². The molecule has 0 aromatic heterocycles. The van der Waals surface area contributed by atoms with Gasteiger partial charge in [-0.05, 0) is 11.6 Å². The van der Waals surface area contributed by atoms with Gasteiger partial charge in [0.05, 0.1) is 11.4 Å². The Labute approximate surface area is 122 Å². The highest BCUT2D eigenvalue weighted by molar-refractivity contribution is 5.86. The predicted octanol–water partition coefficient (Wildman–Crippen LogP) is 2.30. The molecule has 0 unspecified atom stereocenters. The molecule has 0 saturated carbocycles. The fraction of sp³-hybridized carbons (Fsp3) is 0.455. The Kier molecular flexibility index (Phi) is 8.80. The Morgan fingerprint density at radius 3 is 2.24 bits per heavy atom. The molecule has 1 aliphatic rings. The molecule has 0 saturated heterocycles. The maximum absolute atomic E-state index is 5.74. The van der Waals surface area contributed by atoms with Gasteiger partial charge >= 0.3 is 0 Å². The summed E-state index contributed by atoms with van der Waals surface area (Å²) in [6.07, 6.45) is 0. The van der Waals surface area contributed by atoms with Crippen LogP contribution in [0.1, 0.15) is 5.56 Å². The van der Waals surface area contributed by atoms with E-state index in [9.17, 15) is 0 Å². The van der Waals surface area contributed by atoms with Gasteiger partial charge in [-0.2, -0.15) is 0 Å². The number of halogens is 3. The van der Waals surface area contributed by atoms with Crippen LogP contribution in [0.3, 0.4) is 0 Å². The first-order chi connectivity index (χ1) is 6.74. The van der Waals surface area contributed by atoms with Crippen LogP contribution in [-0.2, 0) is 6.54 Å². The molecule has 0 amide bonds. The third-order valence-corrected chi connectivity index (χ3v) is 2.88. The van der Waals surface area contributed by atoms with Crippen molar-refractivity contribution in [2.45, 2.75) is 6.54 Å². The van der Waals surface area contributed by atoms with Crippen molar-refractivity contribution in [2.75, 3.05) is 37.0 Å². The second kappa shape index (κ2) is 7.88. The number of anilines is 2. The van der Waals surface area contributed by atoms with Crippen molar-refractivity contribution in [3.8, 4) is 0 Å². The lowest BCUT2D eigenvalue weighted by Crippen LogP contribution is -2.37. The van der Waals surface area contributed by atoms with Crippen molar-refractivity contribution in [1.29, 1.82) is 0 Å². The van der Waals surface area contributed by atoms with Gasteiger partial charge < -0.3 is 15.5 Å². The summed E-state index contributed by atoms with van der Waals surface area (Å²) in [4.78, 5) is 4.58. The Morgan fingerprint density at radius 1 is 1.06 bits per heavy atom.